The molecule has 0 radical (unpaired) electrons. The van der Waals surface area contributed by atoms with Gasteiger partial charge in [-0.25, -0.2) is 8.42 Å². The normalized spacial score (nSPS) is 15.7. The summed E-state index contributed by atoms with van der Waals surface area (Å²) in [7, 11) is -3.66. The fraction of sp³-hybridized carbons (Fsp3) is 0.381. The average molecular weight is 466 g/mol. The number of thiophene rings is 1. The number of aromatic nitrogens is 1. The molecule has 0 amide bonds. The second-order valence-electron chi connectivity index (χ2n) is 7.57. The van der Waals surface area contributed by atoms with Crippen molar-refractivity contribution in [2.24, 2.45) is 0 Å². The van der Waals surface area contributed by atoms with Crippen LogP contribution in [0.2, 0.25) is 5.02 Å². The minimum Gasteiger partial charge on any atom is -0.369 e. The predicted molar refractivity (Wildman–Crippen MR) is 121 cm³/mol. The molecule has 1 aliphatic heterocycles. The lowest BCUT2D eigenvalue weighted by Crippen LogP contribution is -2.49. The highest BCUT2D eigenvalue weighted by Crippen LogP contribution is 2.40. The van der Waals surface area contributed by atoms with Crippen molar-refractivity contribution in [1.29, 1.82) is 0 Å². The molecular formula is C21H24ClN3O3S2. The minimum absolute atomic E-state index is 0.341. The molecule has 0 unspecified atom stereocenters. The van der Waals surface area contributed by atoms with Crippen molar-refractivity contribution in [3.05, 3.63) is 50.3 Å². The van der Waals surface area contributed by atoms with E-state index in [9.17, 15) is 8.42 Å². The molecule has 6 nitrogen and oxygen atoms in total. The molecule has 1 aliphatic rings. The fourth-order valence-corrected chi connectivity index (χ4v) is 7.37. The van der Waals surface area contributed by atoms with Crippen molar-refractivity contribution in [3.63, 3.8) is 0 Å². The molecule has 0 N–H and O–H groups in total. The summed E-state index contributed by atoms with van der Waals surface area (Å²) in [5.74, 6) is 0.501. The summed E-state index contributed by atoms with van der Waals surface area (Å²) >= 11 is 7.64. The zero-order valence-electron chi connectivity index (χ0n) is 17.4. The molecule has 0 bridgehead atoms. The van der Waals surface area contributed by atoms with Crippen molar-refractivity contribution in [2.75, 3.05) is 31.1 Å². The average Bonchev–Trinajstić information content (AvgIpc) is 3.26. The summed E-state index contributed by atoms with van der Waals surface area (Å²) in [4.78, 5) is 4.22. The van der Waals surface area contributed by atoms with Gasteiger partial charge in [-0.1, -0.05) is 22.8 Å². The smallest absolute Gasteiger partial charge is 0.245 e. The first-order chi connectivity index (χ1) is 14.2. The first kappa shape index (κ1) is 21.4. The lowest BCUT2D eigenvalue weighted by molar-refractivity contribution is 0.384. The summed E-state index contributed by atoms with van der Waals surface area (Å²) in [6, 6.07) is 7.59. The molecule has 9 heteroatoms. The Bertz CT molecular complexity index is 1190. The topological polar surface area (TPSA) is 66.7 Å². The van der Waals surface area contributed by atoms with Gasteiger partial charge in [-0.05, 0) is 45.4 Å². The van der Waals surface area contributed by atoms with E-state index in [0.29, 0.717) is 47.4 Å². The van der Waals surface area contributed by atoms with Crippen LogP contribution in [0.5, 0.6) is 0 Å². The van der Waals surface area contributed by atoms with E-state index in [-0.39, 0.29) is 0 Å². The summed E-state index contributed by atoms with van der Waals surface area (Å²) in [5, 5.41) is 4.62. The fourth-order valence-electron chi connectivity index (χ4n) is 3.96. The zero-order chi connectivity index (χ0) is 21.6. The number of aryl methyl sites for hydroxylation is 4. The second kappa shape index (κ2) is 8.00. The highest BCUT2D eigenvalue weighted by atomic mass is 35.5. The van der Waals surface area contributed by atoms with Crippen LogP contribution in [0.25, 0.3) is 11.3 Å². The summed E-state index contributed by atoms with van der Waals surface area (Å²) in [5.41, 5.74) is 3.54. The number of anilines is 1. The Morgan fingerprint density at radius 2 is 1.73 bits per heavy atom. The van der Waals surface area contributed by atoms with Crippen LogP contribution in [0.1, 0.15) is 21.0 Å². The zero-order valence-corrected chi connectivity index (χ0v) is 19.8. The highest BCUT2D eigenvalue weighted by Gasteiger charge is 2.35. The third-order valence-electron chi connectivity index (χ3n) is 5.43. The molecule has 0 saturated carbocycles. The van der Waals surface area contributed by atoms with E-state index < -0.39 is 10.0 Å². The van der Waals surface area contributed by atoms with Crippen LogP contribution in [-0.2, 0) is 10.0 Å². The van der Waals surface area contributed by atoms with Gasteiger partial charge in [-0.2, -0.15) is 4.31 Å². The lowest BCUT2D eigenvalue weighted by Gasteiger charge is -2.36. The lowest BCUT2D eigenvalue weighted by atomic mass is 10.1. The van der Waals surface area contributed by atoms with Gasteiger partial charge < -0.3 is 9.42 Å². The summed E-state index contributed by atoms with van der Waals surface area (Å²) in [6.45, 7) is 9.69. The Morgan fingerprint density at radius 3 is 2.37 bits per heavy atom. The maximum Gasteiger partial charge on any atom is 0.245 e. The minimum atomic E-state index is -3.66. The van der Waals surface area contributed by atoms with Gasteiger partial charge in [-0.3, -0.25) is 0 Å². The predicted octanol–water partition coefficient (Wildman–Crippen LogP) is 4.80. The molecule has 160 valence electrons. The van der Waals surface area contributed by atoms with E-state index in [2.05, 4.69) is 10.1 Å². The molecule has 3 heterocycles. The van der Waals surface area contributed by atoms with Crippen LogP contribution in [-0.4, -0.2) is 44.1 Å². The Labute approximate surface area is 186 Å². The van der Waals surface area contributed by atoms with Gasteiger partial charge in [0.1, 0.15) is 4.90 Å². The molecule has 1 fully saturated rings. The third-order valence-corrected chi connectivity index (χ3v) is 8.88. The number of rotatable bonds is 4. The monoisotopic (exact) mass is 465 g/mol. The van der Waals surface area contributed by atoms with E-state index >= 15 is 0 Å². The SMILES string of the molecule is Cc1cc(-c2c(C)sc(C)c2S(=O)(=O)N2CCN(c3cc(Cl)ccc3C)CC2)on1. The quantitative estimate of drug-likeness (QED) is 0.553. The largest absolute Gasteiger partial charge is 0.369 e. The van der Waals surface area contributed by atoms with Crippen molar-refractivity contribution < 1.29 is 12.9 Å². The van der Waals surface area contributed by atoms with Gasteiger partial charge in [0, 0.05) is 52.7 Å². The third kappa shape index (κ3) is 3.77. The number of sulfonamides is 1. The van der Waals surface area contributed by atoms with Crippen molar-refractivity contribution in [2.45, 2.75) is 32.6 Å². The van der Waals surface area contributed by atoms with Crippen molar-refractivity contribution >= 4 is 38.6 Å². The van der Waals surface area contributed by atoms with E-state index in [1.807, 2.05) is 45.9 Å². The Kier molecular flexibility index (Phi) is 5.69. The van der Waals surface area contributed by atoms with Crippen LogP contribution >= 0.6 is 22.9 Å². The molecule has 1 aromatic carbocycles. The van der Waals surface area contributed by atoms with Gasteiger partial charge in [0.25, 0.3) is 0 Å². The maximum atomic E-state index is 13.6. The number of benzene rings is 1. The van der Waals surface area contributed by atoms with Crippen molar-refractivity contribution in [1.82, 2.24) is 9.46 Å². The molecule has 3 aromatic rings. The Hall–Kier alpha value is -1.87. The number of piperazine rings is 1. The number of hydrogen-bond acceptors (Lipinski definition) is 6. The molecule has 1 saturated heterocycles. The summed E-state index contributed by atoms with van der Waals surface area (Å²) < 4.78 is 34.2. The molecule has 0 aliphatic carbocycles. The molecule has 4 rings (SSSR count). The maximum absolute atomic E-state index is 13.6. The van der Waals surface area contributed by atoms with Crippen LogP contribution < -0.4 is 4.90 Å². The number of halogens is 1. The van der Waals surface area contributed by atoms with E-state index in [1.54, 1.807) is 10.4 Å². The molecule has 30 heavy (non-hydrogen) atoms. The second-order valence-corrected chi connectivity index (χ2v) is 11.3. The molecular weight excluding hydrogens is 442 g/mol. The molecule has 2 aromatic heterocycles. The van der Waals surface area contributed by atoms with E-state index in [4.69, 9.17) is 16.1 Å². The van der Waals surface area contributed by atoms with Gasteiger partial charge in [0.2, 0.25) is 10.0 Å². The van der Waals surface area contributed by atoms with Gasteiger partial charge in [0.05, 0.1) is 11.3 Å². The van der Waals surface area contributed by atoms with Crippen molar-refractivity contribution in [3.8, 4) is 11.3 Å². The van der Waals surface area contributed by atoms with Crippen LogP contribution in [0.4, 0.5) is 5.69 Å². The van der Waals surface area contributed by atoms with E-state index in [0.717, 1.165) is 26.7 Å². The van der Waals surface area contributed by atoms with Gasteiger partial charge >= 0.3 is 0 Å². The van der Waals surface area contributed by atoms with Crippen LogP contribution in [0.15, 0.2) is 33.7 Å². The Balaban J connectivity index is 1.63. The Morgan fingerprint density at radius 1 is 1.03 bits per heavy atom. The summed E-state index contributed by atoms with van der Waals surface area (Å²) in [6.07, 6.45) is 0. The highest BCUT2D eigenvalue weighted by molar-refractivity contribution is 7.89. The van der Waals surface area contributed by atoms with Crippen LogP contribution in [0, 0.1) is 27.7 Å². The number of nitrogens with zero attached hydrogens (tertiary/aromatic N) is 3. The molecule has 0 spiro atoms. The first-order valence-corrected chi connectivity index (χ1v) is 12.4. The van der Waals surface area contributed by atoms with Gasteiger partial charge in [0.15, 0.2) is 5.76 Å². The van der Waals surface area contributed by atoms with Gasteiger partial charge in [-0.15, -0.1) is 11.3 Å². The van der Waals surface area contributed by atoms with E-state index in [1.165, 1.54) is 11.3 Å². The molecule has 0 atom stereocenters. The standard InChI is InChI=1S/C21H24ClN3O3S2/c1-13-5-6-17(22)12-18(13)24-7-9-25(10-8-24)30(26,27)21-16(4)29-15(3)20(21)19-11-14(2)23-28-19/h5-6,11-12H,7-10H2,1-4H3. The van der Waals surface area contributed by atoms with Crippen LogP contribution in [0.3, 0.4) is 0 Å². The number of hydrogen-bond donors (Lipinski definition) is 0. The first-order valence-electron chi connectivity index (χ1n) is 9.73.